The highest BCUT2D eigenvalue weighted by Gasteiger charge is 2.15. The Morgan fingerprint density at radius 1 is 1.07 bits per heavy atom. The number of hydrogen-bond acceptors (Lipinski definition) is 3. The first kappa shape index (κ1) is 18.3. The van der Waals surface area contributed by atoms with E-state index < -0.39 is 0 Å². The molecule has 1 N–H and O–H groups in total. The van der Waals surface area contributed by atoms with Crippen LogP contribution < -0.4 is 10.1 Å². The summed E-state index contributed by atoms with van der Waals surface area (Å²) in [5.74, 6) is 0.612. The van der Waals surface area contributed by atoms with Crippen LogP contribution in [0.3, 0.4) is 0 Å². The number of carbonyl (C=O) groups excluding carboxylic acids is 1. The van der Waals surface area contributed by atoms with E-state index >= 15 is 0 Å². The molecule has 4 heteroatoms. The first-order chi connectivity index (χ1) is 13.8. The topological polar surface area (TPSA) is 47.6 Å². The van der Waals surface area contributed by atoms with Crippen LogP contribution in [0.2, 0.25) is 0 Å². The summed E-state index contributed by atoms with van der Waals surface area (Å²) in [6.07, 6.45) is 5.75. The minimum absolute atomic E-state index is 0.166. The van der Waals surface area contributed by atoms with E-state index in [1.807, 2.05) is 54.6 Å². The van der Waals surface area contributed by atoms with E-state index in [-0.39, 0.29) is 12.0 Å². The lowest BCUT2D eigenvalue weighted by molar-refractivity contribution is -0.111. The van der Waals surface area contributed by atoms with Gasteiger partial charge >= 0.3 is 0 Å². The third-order valence-corrected chi connectivity index (χ3v) is 4.82. The van der Waals surface area contributed by atoms with Crippen molar-refractivity contribution in [2.75, 3.05) is 18.5 Å². The molecule has 0 aliphatic carbocycles. The van der Waals surface area contributed by atoms with Gasteiger partial charge < -0.3 is 14.8 Å². The van der Waals surface area contributed by atoms with E-state index in [1.165, 1.54) is 0 Å². The molecule has 1 aliphatic heterocycles. The minimum Gasteiger partial charge on any atom is -0.491 e. The van der Waals surface area contributed by atoms with Gasteiger partial charge in [0.2, 0.25) is 5.91 Å². The van der Waals surface area contributed by atoms with Gasteiger partial charge in [0.05, 0.1) is 6.10 Å². The summed E-state index contributed by atoms with van der Waals surface area (Å²) in [5, 5.41) is 5.16. The number of nitrogens with one attached hydrogen (secondary N) is 1. The highest BCUT2D eigenvalue weighted by atomic mass is 16.5. The Kier molecular flexibility index (Phi) is 5.69. The van der Waals surface area contributed by atoms with Crippen molar-refractivity contribution < 1.29 is 14.3 Å². The predicted octanol–water partition coefficient (Wildman–Crippen LogP) is 5.05. The minimum atomic E-state index is -0.166. The SMILES string of the molecule is O=C(/C=C/c1cccc2ccccc12)Nc1ccc(OC[C@H]2CCCO2)cc1. The van der Waals surface area contributed by atoms with Crippen LogP contribution in [-0.4, -0.2) is 25.2 Å². The molecule has 0 aromatic heterocycles. The molecule has 1 amide bonds. The van der Waals surface area contributed by atoms with E-state index in [4.69, 9.17) is 9.47 Å². The van der Waals surface area contributed by atoms with E-state index in [9.17, 15) is 4.79 Å². The zero-order valence-corrected chi connectivity index (χ0v) is 15.6. The first-order valence-corrected chi connectivity index (χ1v) is 9.59. The molecule has 0 spiro atoms. The maximum Gasteiger partial charge on any atom is 0.248 e. The van der Waals surface area contributed by atoms with Gasteiger partial charge in [-0.1, -0.05) is 42.5 Å². The fourth-order valence-electron chi connectivity index (χ4n) is 3.34. The Morgan fingerprint density at radius 2 is 1.89 bits per heavy atom. The molecule has 3 aromatic rings. The Labute approximate surface area is 164 Å². The van der Waals surface area contributed by atoms with Crippen LogP contribution in [0.5, 0.6) is 5.75 Å². The lowest BCUT2D eigenvalue weighted by Crippen LogP contribution is -2.16. The third kappa shape index (κ3) is 4.59. The fraction of sp³-hybridized carbons (Fsp3) is 0.208. The zero-order valence-electron chi connectivity index (χ0n) is 15.6. The zero-order chi connectivity index (χ0) is 19.2. The molecule has 4 rings (SSSR count). The van der Waals surface area contributed by atoms with Crippen molar-refractivity contribution in [3.63, 3.8) is 0 Å². The van der Waals surface area contributed by atoms with Gasteiger partial charge in [-0.2, -0.15) is 0 Å². The van der Waals surface area contributed by atoms with E-state index in [1.54, 1.807) is 6.08 Å². The van der Waals surface area contributed by atoms with Crippen molar-refractivity contribution in [2.24, 2.45) is 0 Å². The third-order valence-electron chi connectivity index (χ3n) is 4.82. The number of rotatable bonds is 6. The van der Waals surface area contributed by atoms with Gasteiger partial charge in [0.15, 0.2) is 0 Å². The molecular formula is C24H23NO3. The second-order valence-corrected chi connectivity index (χ2v) is 6.86. The van der Waals surface area contributed by atoms with Gasteiger partial charge in [-0.05, 0) is 59.5 Å². The number of ether oxygens (including phenoxy) is 2. The van der Waals surface area contributed by atoms with Crippen molar-refractivity contribution >= 4 is 28.4 Å². The van der Waals surface area contributed by atoms with Crippen LogP contribution in [0.25, 0.3) is 16.8 Å². The van der Waals surface area contributed by atoms with Crippen molar-refractivity contribution in [1.29, 1.82) is 0 Å². The second kappa shape index (κ2) is 8.72. The van der Waals surface area contributed by atoms with Crippen molar-refractivity contribution in [3.8, 4) is 5.75 Å². The summed E-state index contributed by atoms with van der Waals surface area (Å²) in [5.41, 5.74) is 1.75. The largest absolute Gasteiger partial charge is 0.491 e. The normalized spacial score (nSPS) is 16.5. The molecule has 1 saturated heterocycles. The van der Waals surface area contributed by atoms with Gasteiger partial charge in [0.1, 0.15) is 12.4 Å². The average molecular weight is 373 g/mol. The van der Waals surface area contributed by atoms with Crippen molar-refractivity contribution in [2.45, 2.75) is 18.9 Å². The van der Waals surface area contributed by atoms with Crippen LogP contribution >= 0.6 is 0 Å². The van der Waals surface area contributed by atoms with Gasteiger partial charge in [-0.3, -0.25) is 4.79 Å². The Hall–Kier alpha value is -3.11. The number of amides is 1. The molecule has 0 radical (unpaired) electrons. The van der Waals surface area contributed by atoms with E-state index in [0.29, 0.717) is 6.61 Å². The number of benzene rings is 3. The monoisotopic (exact) mass is 373 g/mol. The predicted molar refractivity (Wildman–Crippen MR) is 113 cm³/mol. The summed E-state index contributed by atoms with van der Waals surface area (Å²) in [7, 11) is 0. The highest BCUT2D eigenvalue weighted by molar-refractivity contribution is 6.03. The highest BCUT2D eigenvalue weighted by Crippen LogP contribution is 2.20. The maximum atomic E-state index is 12.3. The summed E-state index contributed by atoms with van der Waals surface area (Å²) < 4.78 is 11.3. The molecule has 0 unspecified atom stereocenters. The summed E-state index contributed by atoms with van der Waals surface area (Å²) in [4.78, 5) is 12.3. The van der Waals surface area contributed by atoms with Crippen molar-refractivity contribution in [3.05, 3.63) is 78.4 Å². The van der Waals surface area contributed by atoms with Crippen LogP contribution in [0.15, 0.2) is 72.8 Å². The molecular weight excluding hydrogens is 350 g/mol. The molecule has 142 valence electrons. The number of fused-ring (bicyclic) bond motifs is 1. The quantitative estimate of drug-likeness (QED) is 0.615. The Balaban J connectivity index is 1.34. The van der Waals surface area contributed by atoms with Crippen LogP contribution in [0.4, 0.5) is 5.69 Å². The van der Waals surface area contributed by atoms with Crippen LogP contribution in [0, 0.1) is 0 Å². The summed E-state index contributed by atoms with van der Waals surface area (Å²) in [6.45, 7) is 1.39. The summed E-state index contributed by atoms with van der Waals surface area (Å²) in [6, 6.07) is 21.6. The average Bonchev–Trinajstić information content (AvgIpc) is 3.25. The number of carbonyl (C=O) groups is 1. The van der Waals surface area contributed by atoms with Crippen LogP contribution in [0.1, 0.15) is 18.4 Å². The molecule has 0 bridgehead atoms. The molecule has 3 aromatic carbocycles. The summed E-state index contributed by atoms with van der Waals surface area (Å²) >= 11 is 0. The van der Waals surface area contributed by atoms with Gasteiger partial charge in [0, 0.05) is 18.4 Å². The lowest BCUT2D eigenvalue weighted by atomic mass is 10.0. The van der Waals surface area contributed by atoms with Gasteiger partial charge in [-0.15, -0.1) is 0 Å². The molecule has 1 heterocycles. The van der Waals surface area contributed by atoms with Crippen LogP contribution in [-0.2, 0) is 9.53 Å². The number of anilines is 1. The van der Waals surface area contributed by atoms with Gasteiger partial charge in [0.25, 0.3) is 0 Å². The Bertz CT molecular complexity index is 967. The number of hydrogen-bond donors (Lipinski definition) is 1. The second-order valence-electron chi connectivity index (χ2n) is 6.86. The molecule has 1 fully saturated rings. The Morgan fingerprint density at radius 3 is 2.71 bits per heavy atom. The molecule has 0 saturated carbocycles. The van der Waals surface area contributed by atoms with E-state index in [2.05, 4.69) is 23.5 Å². The molecule has 28 heavy (non-hydrogen) atoms. The van der Waals surface area contributed by atoms with E-state index in [0.717, 1.165) is 47.2 Å². The standard InChI is InChI=1S/C24H23NO3/c26-24(15-10-19-7-3-6-18-5-1-2-9-23(18)19)25-20-11-13-21(14-12-20)28-17-22-8-4-16-27-22/h1-3,5-7,9-15,22H,4,8,16-17H2,(H,25,26)/b15-10+/t22-/m1/s1. The maximum absolute atomic E-state index is 12.3. The molecule has 1 aliphatic rings. The van der Waals surface area contributed by atoms with Gasteiger partial charge in [-0.25, -0.2) is 0 Å². The van der Waals surface area contributed by atoms with Crippen molar-refractivity contribution in [1.82, 2.24) is 0 Å². The molecule has 1 atom stereocenters. The first-order valence-electron chi connectivity index (χ1n) is 9.59. The smallest absolute Gasteiger partial charge is 0.248 e. The fourth-order valence-corrected chi connectivity index (χ4v) is 3.34. The lowest BCUT2D eigenvalue weighted by Gasteiger charge is -2.11. The molecule has 4 nitrogen and oxygen atoms in total.